The molecule has 1 fully saturated rings. The van der Waals surface area contributed by atoms with Crippen LogP contribution in [0.15, 0.2) is 12.1 Å². The maximum atomic E-state index is 12.5. The van der Waals surface area contributed by atoms with E-state index in [-0.39, 0.29) is 17.6 Å². The van der Waals surface area contributed by atoms with Crippen LogP contribution in [0.4, 0.5) is 5.82 Å². The van der Waals surface area contributed by atoms with E-state index in [1.807, 2.05) is 7.05 Å². The molecule has 104 valence electrons. The Morgan fingerprint density at radius 3 is 2.79 bits per heavy atom. The molecule has 1 heterocycles. The number of aromatic nitrogens is 1. The molecule has 1 aliphatic rings. The normalized spacial score (nSPS) is 23.1. The van der Waals surface area contributed by atoms with Crippen LogP contribution in [0.3, 0.4) is 0 Å². The Balaban J connectivity index is 2.20. The van der Waals surface area contributed by atoms with Gasteiger partial charge in [-0.05, 0) is 30.9 Å². The van der Waals surface area contributed by atoms with Crippen molar-refractivity contribution in [3.63, 3.8) is 0 Å². The van der Waals surface area contributed by atoms with Crippen molar-refractivity contribution in [3.8, 4) is 0 Å². The molecule has 1 saturated carbocycles. The minimum absolute atomic E-state index is 0.143. The molecule has 19 heavy (non-hydrogen) atoms. The number of hydrogen-bond donors (Lipinski definition) is 1. The van der Waals surface area contributed by atoms with Crippen molar-refractivity contribution in [1.29, 1.82) is 0 Å². The fourth-order valence-corrected chi connectivity index (χ4v) is 2.98. The summed E-state index contributed by atoms with van der Waals surface area (Å²) in [6.45, 7) is 2.20. The third-order valence-corrected chi connectivity index (χ3v) is 4.26. The zero-order valence-electron chi connectivity index (χ0n) is 11.4. The Morgan fingerprint density at radius 1 is 1.42 bits per heavy atom. The van der Waals surface area contributed by atoms with E-state index < -0.39 is 0 Å². The van der Waals surface area contributed by atoms with Crippen LogP contribution in [-0.4, -0.2) is 28.9 Å². The van der Waals surface area contributed by atoms with Gasteiger partial charge in [0.2, 0.25) is 0 Å². The number of nitrogens with two attached hydrogens (primary N) is 1. The summed E-state index contributed by atoms with van der Waals surface area (Å²) in [7, 11) is 1.83. The van der Waals surface area contributed by atoms with E-state index in [2.05, 4.69) is 11.9 Å². The lowest BCUT2D eigenvalue weighted by atomic mass is 9.85. The van der Waals surface area contributed by atoms with Gasteiger partial charge < -0.3 is 10.6 Å². The largest absolute Gasteiger partial charge is 0.384 e. The van der Waals surface area contributed by atoms with Gasteiger partial charge in [-0.1, -0.05) is 31.4 Å². The molecule has 0 saturated heterocycles. The Kier molecular flexibility index (Phi) is 4.30. The first-order valence-electron chi connectivity index (χ1n) is 6.70. The number of hydrogen-bond acceptors (Lipinski definition) is 3. The molecule has 0 aromatic carbocycles. The van der Waals surface area contributed by atoms with Crippen LogP contribution >= 0.6 is 11.6 Å². The fourth-order valence-electron chi connectivity index (χ4n) is 2.80. The molecular formula is C14H20ClN3O. The minimum Gasteiger partial charge on any atom is -0.384 e. The third-order valence-electron chi connectivity index (χ3n) is 3.95. The van der Waals surface area contributed by atoms with Gasteiger partial charge in [-0.3, -0.25) is 4.79 Å². The van der Waals surface area contributed by atoms with Crippen molar-refractivity contribution in [2.45, 2.75) is 38.6 Å². The number of anilines is 1. The summed E-state index contributed by atoms with van der Waals surface area (Å²) in [6.07, 6.45) is 4.63. The SMILES string of the molecule is CC1CCCCC1N(C)C(=O)c1nc(N)ccc1Cl. The van der Waals surface area contributed by atoms with Gasteiger partial charge in [0.1, 0.15) is 11.5 Å². The monoisotopic (exact) mass is 281 g/mol. The zero-order valence-corrected chi connectivity index (χ0v) is 12.2. The zero-order chi connectivity index (χ0) is 14.0. The number of rotatable bonds is 2. The number of carbonyl (C=O) groups is 1. The predicted octanol–water partition coefficient (Wildman–Crippen LogP) is 2.97. The molecule has 1 aromatic heterocycles. The molecule has 1 amide bonds. The second-order valence-electron chi connectivity index (χ2n) is 5.31. The predicted molar refractivity (Wildman–Crippen MR) is 77.2 cm³/mol. The summed E-state index contributed by atoms with van der Waals surface area (Å²) in [5.41, 5.74) is 5.88. The number of pyridine rings is 1. The van der Waals surface area contributed by atoms with Gasteiger partial charge >= 0.3 is 0 Å². The lowest BCUT2D eigenvalue weighted by Gasteiger charge is -2.36. The maximum absolute atomic E-state index is 12.5. The molecule has 4 nitrogen and oxygen atoms in total. The average molecular weight is 282 g/mol. The van der Waals surface area contributed by atoms with Crippen LogP contribution in [0.25, 0.3) is 0 Å². The quantitative estimate of drug-likeness (QED) is 0.907. The van der Waals surface area contributed by atoms with Crippen molar-refractivity contribution in [1.82, 2.24) is 9.88 Å². The van der Waals surface area contributed by atoms with Crippen LogP contribution < -0.4 is 5.73 Å². The number of carbonyl (C=O) groups excluding carboxylic acids is 1. The van der Waals surface area contributed by atoms with Crippen LogP contribution in [0, 0.1) is 5.92 Å². The summed E-state index contributed by atoms with van der Waals surface area (Å²) >= 11 is 6.04. The molecule has 0 bridgehead atoms. The third kappa shape index (κ3) is 3.00. The minimum atomic E-state index is -0.143. The number of amides is 1. The standard InChI is InChI=1S/C14H20ClN3O/c1-9-5-3-4-6-11(9)18(2)14(19)13-10(15)7-8-12(16)17-13/h7-9,11H,3-6H2,1-2H3,(H2,16,17). The van der Waals surface area contributed by atoms with E-state index in [0.29, 0.717) is 16.8 Å². The first-order chi connectivity index (χ1) is 9.00. The molecule has 2 N–H and O–H groups in total. The smallest absolute Gasteiger partial charge is 0.274 e. The van der Waals surface area contributed by atoms with Crippen LogP contribution in [0.2, 0.25) is 5.02 Å². The molecule has 2 atom stereocenters. The number of nitrogen functional groups attached to an aromatic ring is 1. The van der Waals surface area contributed by atoms with Crippen LogP contribution in [0.1, 0.15) is 43.1 Å². The molecule has 0 aliphatic heterocycles. The lowest BCUT2D eigenvalue weighted by molar-refractivity contribution is 0.0623. The van der Waals surface area contributed by atoms with Gasteiger partial charge in [-0.2, -0.15) is 0 Å². The molecular weight excluding hydrogens is 262 g/mol. The average Bonchev–Trinajstić information content (AvgIpc) is 2.40. The van der Waals surface area contributed by atoms with Crippen molar-refractivity contribution in [2.75, 3.05) is 12.8 Å². The first kappa shape index (κ1) is 14.1. The van der Waals surface area contributed by atoms with E-state index in [1.165, 1.54) is 19.3 Å². The van der Waals surface area contributed by atoms with Gasteiger partial charge in [-0.25, -0.2) is 4.98 Å². The van der Waals surface area contributed by atoms with E-state index in [9.17, 15) is 4.79 Å². The molecule has 2 rings (SSSR count). The second-order valence-corrected chi connectivity index (χ2v) is 5.72. The Labute approximate surface area is 118 Å². The van der Waals surface area contributed by atoms with E-state index >= 15 is 0 Å². The molecule has 2 unspecified atom stereocenters. The summed E-state index contributed by atoms with van der Waals surface area (Å²) in [5.74, 6) is 0.691. The number of halogens is 1. The van der Waals surface area contributed by atoms with E-state index in [0.717, 1.165) is 6.42 Å². The highest BCUT2D eigenvalue weighted by Crippen LogP contribution is 2.29. The summed E-state index contributed by atoms with van der Waals surface area (Å²) in [4.78, 5) is 18.3. The van der Waals surface area contributed by atoms with E-state index in [4.69, 9.17) is 17.3 Å². The molecule has 5 heteroatoms. The van der Waals surface area contributed by atoms with Gasteiger partial charge in [0, 0.05) is 13.1 Å². The summed E-state index contributed by atoms with van der Waals surface area (Å²) in [6, 6.07) is 3.48. The highest BCUT2D eigenvalue weighted by molar-refractivity contribution is 6.33. The molecule has 1 aliphatic carbocycles. The highest BCUT2D eigenvalue weighted by atomic mass is 35.5. The lowest BCUT2D eigenvalue weighted by Crippen LogP contribution is -2.43. The van der Waals surface area contributed by atoms with Crippen molar-refractivity contribution in [2.24, 2.45) is 5.92 Å². The van der Waals surface area contributed by atoms with Gasteiger partial charge in [0.15, 0.2) is 0 Å². The first-order valence-corrected chi connectivity index (χ1v) is 7.07. The van der Waals surface area contributed by atoms with Crippen LogP contribution in [0.5, 0.6) is 0 Å². The molecule has 0 spiro atoms. The summed E-state index contributed by atoms with van der Waals surface area (Å²) in [5, 5.41) is 0.356. The topological polar surface area (TPSA) is 59.2 Å². The fraction of sp³-hybridized carbons (Fsp3) is 0.571. The van der Waals surface area contributed by atoms with Crippen LogP contribution in [-0.2, 0) is 0 Å². The highest BCUT2D eigenvalue weighted by Gasteiger charge is 2.29. The molecule has 1 aromatic rings. The Hall–Kier alpha value is -1.29. The Morgan fingerprint density at radius 2 is 2.11 bits per heavy atom. The van der Waals surface area contributed by atoms with Gasteiger partial charge in [0.05, 0.1) is 5.02 Å². The Bertz CT molecular complexity index is 478. The van der Waals surface area contributed by atoms with Crippen molar-refractivity contribution in [3.05, 3.63) is 22.8 Å². The number of nitrogens with zero attached hydrogens (tertiary/aromatic N) is 2. The van der Waals surface area contributed by atoms with Gasteiger partial charge in [-0.15, -0.1) is 0 Å². The molecule has 0 radical (unpaired) electrons. The van der Waals surface area contributed by atoms with Crippen molar-refractivity contribution < 1.29 is 4.79 Å². The van der Waals surface area contributed by atoms with E-state index in [1.54, 1.807) is 17.0 Å². The van der Waals surface area contributed by atoms with Crippen molar-refractivity contribution >= 4 is 23.3 Å². The maximum Gasteiger partial charge on any atom is 0.274 e. The summed E-state index contributed by atoms with van der Waals surface area (Å²) < 4.78 is 0. The van der Waals surface area contributed by atoms with Gasteiger partial charge in [0.25, 0.3) is 5.91 Å². The second kappa shape index (κ2) is 5.78.